The van der Waals surface area contributed by atoms with Crippen LogP contribution < -0.4 is 0 Å². The summed E-state index contributed by atoms with van der Waals surface area (Å²) in [5.41, 5.74) is -0.236. The van der Waals surface area contributed by atoms with Gasteiger partial charge in [0.1, 0.15) is 16.9 Å². The van der Waals surface area contributed by atoms with Crippen molar-refractivity contribution in [2.24, 2.45) is 17.3 Å². The number of Topliss-reactive ketones (excluding diaryl/α,β-unsaturated/α-hetero) is 1. The van der Waals surface area contributed by atoms with E-state index >= 15 is 0 Å². The SMILES string of the molecule is C/C(=C\c1csc(CO)n1)C1CC2OC2(C)C/C=C\C(C)C(O)C(C)C(=O)C(C)(C)C(O)CC(=O)O1. The number of fused-ring (bicyclic) bond motifs is 1. The van der Waals surface area contributed by atoms with E-state index in [2.05, 4.69) is 4.98 Å². The highest BCUT2D eigenvalue weighted by atomic mass is 32.1. The van der Waals surface area contributed by atoms with E-state index in [1.807, 2.05) is 44.4 Å². The Balaban J connectivity index is 1.89. The van der Waals surface area contributed by atoms with E-state index in [9.17, 15) is 24.9 Å². The number of thiazole rings is 1. The van der Waals surface area contributed by atoms with Crippen LogP contribution in [0, 0.1) is 17.3 Å². The number of carbonyl (C=O) groups excluding carboxylic acids is 2. The van der Waals surface area contributed by atoms with Crippen molar-refractivity contribution in [3.8, 4) is 0 Å². The maximum Gasteiger partial charge on any atom is 0.309 e. The van der Waals surface area contributed by atoms with Gasteiger partial charge in [0.25, 0.3) is 0 Å². The number of ether oxygens (including phenoxy) is 2. The van der Waals surface area contributed by atoms with E-state index in [-0.39, 0.29) is 30.8 Å². The lowest BCUT2D eigenvalue weighted by Gasteiger charge is -2.34. The monoisotopic (exact) mass is 521 g/mol. The fraction of sp³-hybridized carbons (Fsp3) is 0.667. The van der Waals surface area contributed by atoms with Crippen LogP contribution in [0.25, 0.3) is 6.08 Å². The first-order valence-corrected chi connectivity index (χ1v) is 13.3. The Morgan fingerprint density at radius 2 is 1.94 bits per heavy atom. The molecule has 0 aromatic carbocycles. The largest absolute Gasteiger partial charge is 0.458 e. The molecule has 1 aromatic rings. The average molecular weight is 522 g/mol. The number of aliphatic hydroxyl groups excluding tert-OH is 3. The lowest BCUT2D eigenvalue weighted by Crippen LogP contribution is -2.45. The fourth-order valence-corrected chi connectivity index (χ4v) is 5.30. The molecule has 7 atom stereocenters. The van der Waals surface area contributed by atoms with Gasteiger partial charge in [0, 0.05) is 23.6 Å². The second kappa shape index (κ2) is 11.2. The minimum Gasteiger partial charge on any atom is -0.458 e. The summed E-state index contributed by atoms with van der Waals surface area (Å²) in [7, 11) is 0. The first-order chi connectivity index (χ1) is 16.8. The van der Waals surface area contributed by atoms with E-state index in [1.54, 1.807) is 20.8 Å². The summed E-state index contributed by atoms with van der Waals surface area (Å²) >= 11 is 1.35. The number of rotatable bonds is 3. The van der Waals surface area contributed by atoms with E-state index in [4.69, 9.17) is 9.47 Å². The molecule has 0 spiro atoms. The highest BCUT2D eigenvalue weighted by Gasteiger charge is 2.52. The molecule has 36 heavy (non-hydrogen) atoms. The third-order valence-electron chi connectivity index (χ3n) is 7.58. The van der Waals surface area contributed by atoms with Gasteiger partial charge in [-0.3, -0.25) is 9.59 Å². The van der Waals surface area contributed by atoms with E-state index in [0.717, 1.165) is 5.57 Å². The van der Waals surface area contributed by atoms with Crippen LogP contribution >= 0.6 is 11.3 Å². The lowest BCUT2D eigenvalue weighted by molar-refractivity contribution is -0.154. The maximum absolute atomic E-state index is 13.2. The number of aliphatic hydroxyl groups is 3. The van der Waals surface area contributed by atoms with Crippen LogP contribution in [0.4, 0.5) is 0 Å². The van der Waals surface area contributed by atoms with Crippen LogP contribution in [0.15, 0.2) is 23.1 Å². The topological polar surface area (TPSA) is 129 Å². The van der Waals surface area contributed by atoms with Crippen molar-refractivity contribution in [1.82, 2.24) is 4.98 Å². The lowest BCUT2D eigenvalue weighted by atomic mass is 9.73. The summed E-state index contributed by atoms with van der Waals surface area (Å²) in [6, 6.07) is 0. The average Bonchev–Trinajstić information content (AvgIpc) is 3.23. The Morgan fingerprint density at radius 3 is 2.58 bits per heavy atom. The van der Waals surface area contributed by atoms with Gasteiger partial charge >= 0.3 is 5.97 Å². The molecule has 200 valence electrons. The van der Waals surface area contributed by atoms with Crippen LogP contribution in [0.5, 0.6) is 0 Å². The highest BCUT2D eigenvalue weighted by molar-refractivity contribution is 7.09. The van der Waals surface area contributed by atoms with Crippen LogP contribution in [0.3, 0.4) is 0 Å². The Bertz CT molecular complexity index is 1020. The summed E-state index contributed by atoms with van der Waals surface area (Å²) in [5.74, 6) is -1.92. The van der Waals surface area contributed by atoms with Crippen molar-refractivity contribution in [2.75, 3.05) is 0 Å². The minimum atomic E-state index is -1.27. The van der Waals surface area contributed by atoms with Gasteiger partial charge in [-0.05, 0) is 31.9 Å². The molecule has 0 amide bonds. The second-order valence-corrected chi connectivity index (χ2v) is 11.9. The number of esters is 1. The molecule has 9 heteroatoms. The van der Waals surface area contributed by atoms with Gasteiger partial charge in [-0.25, -0.2) is 4.98 Å². The maximum atomic E-state index is 13.2. The Morgan fingerprint density at radius 1 is 1.25 bits per heavy atom. The van der Waals surface area contributed by atoms with Crippen molar-refractivity contribution < 1.29 is 34.4 Å². The predicted molar refractivity (Wildman–Crippen MR) is 137 cm³/mol. The molecule has 7 unspecified atom stereocenters. The summed E-state index contributed by atoms with van der Waals surface area (Å²) in [6.45, 7) is 10.4. The van der Waals surface area contributed by atoms with Gasteiger partial charge in [0.05, 0.1) is 48.0 Å². The fourth-order valence-electron chi connectivity index (χ4n) is 4.69. The zero-order chi connectivity index (χ0) is 26.8. The van der Waals surface area contributed by atoms with E-state index in [0.29, 0.717) is 23.5 Å². The van der Waals surface area contributed by atoms with Crippen molar-refractivity contribution in [2.45, 2.75) is 97.4 Å². The number of nitrogens with zero attached hydrogens (tertiary/aromatic N) is 1. The quantitative estimate of drug-likeness (QED) is 0.313. The van der Waals surface area contributed by atoms with Crippen molar-refractivity contribution in [3.63, 3.8) is 0 Å². The first kappa shape index (κ1) is 28.7. The second-order valence-electron chi connectivity index (χ2n) is 10.9. The van der Waals surface area contributed by atoms with Crippen molar-refractivity contribution >= 4 is 29.2 Å². The summed E-state index contributed by atoms with van der Waals surface area (Å²) in [5, 5.41) is 33.4. The van der Waals surface area contributed by atoms with Crippen LogP contribution in [0.2, 0.25) is 0 Å². The van der Waals surface area contributed by atoms with Crippen molar-refractivity contribution in [1.29, 1.82) is 0 Å². The summed E-state index contributed by atoms with van der Waals surface area (Å²) in [4.78, 5) is 30.5. The standard InChI is InChI=1S/C27H39NO7S/c1-15-8-7-9-27(6)21(35-27)11-19(16(2)10-18-14-36-22(13-29)28-18)34-23(31)12-20(30)26(4,5)25(33)17(3)24(15)32/h7-8,10,14-15,17,19-21,24,29-30,32H,9,11-13H2,1-6H3/b8-7-,16-10+. The number of carbonyl (C=O) groups is 2. The Kier molecular flexibility index (Phi) is 8.94. The molecule has 1 fully saturated rings. The molecule has 3 N–H and O–H groups in total. The molecule has 3 rings (SSSR count). The van der Waals surface area contributed by atoms with Gasteiger partial charge in [0.15, 0.2) is 0 Å². The van der Waals surface area contributed by atoms with E-state index < -0.39 is 41.2 Å². The van der Waals surface area contributed by atoms with E-state index in [1.165, 1.54) is 11.3 Å². The molecule has 0 radical (unpaired) electrons. The molecule has 0 saturated carbocycles. The molecule has 8 nitrogen and oxygen atoms in total. The van der Waals surface area contributed by atoms with Crippen LogP contribution in [-0.4, -0.2) is 62.1 Å². The minimum absolute atomic E-state index is 0.137. The van der Waals surface area contributed by atoms with Gasteiger partial charge in [-0.1, -0.05) is 39.8 Å². The number of cyclic esters (lactones) is 1. The van der Waals surface area contributed by atoms with Gasteiger partial charge < -0.3 is 24.8 Å². The molecular formula is C27H39NO7S. The first-order valence-electron chi connectivity index (χ1n) is 12.5. The number of hydrogen-bond donors (Lipinski definition) is 3. The predicted octanol–water partition coefficient (Wildman–Crippen LogP) is 3.44. The smallest absolute Gasteiger partial charge is 0.309 e. The van der Waals surface area contributed by atoms with Gasteiger partial charge in [-0.15, -0.1) is 11.3 Å². The molecule has 1 saturated heterocycles. The zero-order valence-electron chi connectivity index (χ0n) is 21.9. The molecular weight excluding hydrogens is 482 g/mol. The van der Waals surface area contributed by atoms with Gasteiger partial charge in [-0.2, -0.15) is 0 Å². The third kappa shape index (κ3) is 6.50. The number of epoxide rings is 1. The molecule has 2 aliphatic rings. The number of ketones is 1. The highest BCUT2D eigenvalue weighted by Crippen LogP contribution is 2.44. The molecule has 1 aromatic heterocycles. The third-order valence-corrected chi connectivity index (χ3v) is 8.43. The molecule has 0 aliphatic carbocycles. The Labute approximate surface area is 217 Å². The molecule has 0 bridgehead atoms. The van der Waals surface area contributed by atoms with Crippen molar-refractivity contribution in [3.05, 3.63) is 33.8 Å². The van der Waals surface area contributed by atoms with Gasteiger partial charge in [0.2, 0.25) is 0 Å². The summed E-state index contributed by atoms with van der Waals surface area (Å²) < 4.78 is 11.8. The van der Waals surface area contributed by atoms with Crippen LogP contribution in [0.1, 0.15) is 71.5 Å². The Hall–Kier alpha value is -1.91. The summed E-state index contributed by atoms with van der Waals surface area (Å²) in [6.07, 6.45) is 3.45. The van der Waals surface area contributed by atoms with Crippen LogP contribution in [-0.2, 0) is 25.7 Å². The molecule has 2 aliphatic heterocycles. The zero-order valence-corrected chi connectivity index (χ0v) is 22.7. The number of aromatic nitrogens is 1. The normalized spacial score (nSPS) is 37.2. The molecule has 3 heterocycles. The number of hydrogen-bond acceptors (Lipinski definition) is 9.